The minimum Gasteiger partial charge on any atom is -0.343 e. The van der Waals surface area contributed by atoms with Crippen LogP contribution in [0.1, 0.15) is 19.3 Å². The van der Waals surface area contributed by atoms with E-state index in [1.54, 1.807) is 6.08 Å². The van der Waals surface area contributed by atoms with Gasteiger partial charge in [0.2, 0.25) is 5.91 Å². The number of hydrogen-bond donors (Lipinski definition) is 1. The molecule has 1 rings (SSSR count). The van der Waals surface area contributed by atoms with Gasteiger partial charge in [-0.25, -0.2) is 0 Å². The predicted molar refractivity (Wildman–Crippen MR) is 58.0 cm³/mol. The van der Waals surface area contributed by atoms with Crippen molar-refractivity contribution in [1.29, 1.82) is 5.26 Å². The Labute approximate surface area is 90.6 Å². The lowest BCUT2D eigenvalue weighted by molar-refractivity contribution is -0.130. The number of carbonyl (C=O) groups excluding carboxylic acids is 1. The minimum atomic E-state index is -0.393. The van der Waals surface area contributed by atoms with Gasteiger partial charge in [0.15, 0.2) is 0 Å². The Balaban J connectivity index is 2.33. The molecule has 0 aliphatic carbocycles. The van der Waals surface area contributed by atoms with Gasteiger partial charge in [-0.1, -0.05) is 6.08 Å². The molecule has 0 aromatic heterocycles. The quantitative estimate of drug-likeness (QED) is 0.674. The average Bonchev–Trinajstić information content (AvgIpc) is 2.77. The minimum absolute atomic E-state index is 0.0793. The number of carbonyl (C=O) groups is 1. The Morgan fingerprint density at radius 1 is 1.60 bits per heavy atom. The maximum Gasteiger partial charge on any atom is 0.225 e. The van der Waals surface area contributed by atoms with Crippen LogP contribution in [0.5, 0.6) is 0 Å². The van der Waals surface area contributed by atoms with Crippen molar-refractivity contribution in [3.63, 3.8) is 0 Å². The average molecular weight is 207 g/mol. The zero-order chi connectivity index (χ0) is 11.1. The molecular weight excluding hydrogens is 190 g/mol. The summed E-state index contributed by atoms with van der Waals surface area (Å²) in [7, 11) is 0. The molecular formula is C11H17N3O. The third-order valence-corrected chi connectivity index (χ3v) is 2.50. The van der Waals surface area contributed by atoms with E-state index in [4.69, 9.17) is 5.26 Å². The van der Waals surface area contributed by atoms with Crippen LogP contribution in [0.2, 0.25) is 0 Å². The van der Waals surface area contributed by atoms with Gasteiger partial charge in [0.25, 0.3) is 0 Å². The van der Waals surface area contributed by atoms with Crippen LogP contribution in [0.15, 0.2) is 12.7 Å². The fourth-order valence-electron chi connectivity index (χ4n) is 1.66. The molecule has 0 aromatic rings. The molecule has 0 saturated carbocycles. The maximum atomic E-state index is 11.7. The zero-order valence-corrected chi connectivity index (χ0v) is 8.91. The van der Waals surface area contributed by atoms with Gasteiger partial charge in [-0.2, -0.15) is 5.26 Å². The smallest absolute Gasteiger partial charge is 0.225 e. The van der Waals surface area contributed by atoms with Gasteiger partial charge in [-0.3, -0.25) is 10.1 Å². The first-order chi connectivity index (χ1) is 7.27. The Hall–Kier alpha value is -1.34. The summed E-state index contributed by atoms with van der Waals surface area (Å²) in [6.45, 7) is 5.81. The number of hydrogen-bond acceptors (Lipinski definition) is 3. The number of amides is 1. The van der Waals surface area contributed by atoms with E-state index in [1.165, 1.54) is 0 Å². The third kappa shape index (κ3) is 3.72. The fraction of sp³-hybridized carbons (Fsp3) is 0.636. The second-order valence-corrected chi connectivity index (χ2v) is 3.67. The Morgan fingerprint density at radius 2 is 2.27 bits per heavy atom. The molecule has 0 radical (unpaired) electrons. The van der Waals surface area contributed by atoms with Crippen LogP contribution in [0.25, 0.3) is 0 Å². The summed E-state index contributed by atoms with van der Waals surface area (Å²) in [6, 6.07) is 1.69. The molecule has 1 saturated heterocycles. The van der Waals surface area contributed by atoms with Crippen molar-refractivity contribution >= 4 is 5.91 Å². The van der Waals surface area contributed by atoms with E-state index in [9.17, 15) is 4.79 Å². The van der Waals surface area contributed by atoms with Gasteiger partial charge >= 0.3 is 0 Å². The Morgan fingerprint density at radius 3 is 2.80 bits per heavy atom. The summed E-state index contributed by atoms with van der Waals surface area (Å²) in [5.41, 5.74) is 0. The summed E-state index contributed by atoms with van der Waals surface area (Å²) >= 11 is 0. The van der Waals surface area contributed by atoms with E-state index in [0.717, 1.165) is 25.9 Å². The van der Waals surface area contributed by atoms with Crippen molar-refractivity contribution < 1.29 is 4.79 Å². The second kappa shape index (κ2) is 6.20. The molecule has 1 aliphatic rings. The largest absolute Gasteiger partial charge is 0.343 e. The van der Waals surface area contributed by atoms with Gasteiger partial charge in [0.1, 0.15) is 6.04 Å². The van der Waals surface area contributed by atoms with Crippen molar-refractivity contribution in [2.45, 2.75) is 25.3 Å². The monoisotopic (exact) mass is 207 g/mol. The van der Waals surface area contributed by atoms with Crippen LogP contribution in [0, 0.1) is 11.3 Å². The van der Waals surface area contributed by atoms with Crippen molar-refractivity contribution in [3.8, 4) is 6.07 Å². The summed E-state index contributed by atoms with van der Waals surface area (Å²) in [5.74, 6) is 0.0793. The number of rotatable bonds is 5. The number of likely N-dealkylation sites (tertiary alicyclic amines) is 1. The Bertz CT molecular complexity index is 263. The van der Waals surface area contributed by atoms with Gasteiger partial charge in [-0.15, -0.1) is 6.58 Å². The number of nitrogens with one attached hydrogen (secondary N) is 1. The van der Waals surface area contributed by atoms with Gasteiger partial charge in [-0.05, 0) is 12.8 Å². The third-order valence-electron chi connectivity index (χ3n) is 2.50. The molecule has 1 N–H and O–H groups in total. The lowest BCUT2D eigenvalue weighted by Gasteiger charge is -2.17. The van der Waals surface area contributed by atoms with Crippen LogP contribution in [0.4, 0.5) is 0 Å². The summed E-state index contributed by atoms with van der Waals surface area (Å²) in [5, 5.41) is 11.8. The van der Waals surface area contributed by atoms with Crippen molar-refractivity contribution in [2.24, 2.45) is 0 Å². The highest BCUT2D eigenvalue weighted by molar-refractivity contribution is 5.77. The predicted octanol–water partition coefficient (Wildman–Crippen LogP) is 0.667. The lowest BCUT2D eigenvalue weighted by Crippen LogP contribution is -2.36. The lowest BCUT2D eigenvalue weighted by atomic mass is 10.2. The first-order valence-electron chi connectivity index (χ1n) is 5.29. The normalized spacial score (nSPS) is 17.1. The van der Waals surface area contributed by atoms with Crippen LogP contribution >= 0.6 is 0 Å². The topological polar surface area (TPSA) is 56.1 Å². The molecule has 0 spiro atoms. The van der Waals surface area contributed by atoms with Crippen molar-refractivity contribution in [1.82, 2.24) is 10.2 Å². The molecule has 15 heavy (non-hydrogen) atoms. The highest BCUT2D eigenvalue weighted by Gasteiger charge is 2.20. The van der Waals surface area contributed by atoms with E-state index in [1.807, 2.05) is 4.90 Å². The highest BCUT2D eigenvalue weighted by Crippen LogP contribution is 2.09. The van der Waals surface area contributed by atoms with Gasteiger partial charge in [0.05, 0.1) is 12.5 Å². The molecule has 82 valence electrons. The molecule has 1 heterocycles. The first kappa shape index (κ1) is 11.7. The molecule has 0 aromatic carbocycles. The molecule has 1 fully saturated rings. The molecule has 1 unspecified atom stereocenters. The molecule has 4 heteroatoms. The van der Waals surface area contributed by atoms with E-state index in [2.05, 4.69) is 18.0 Å². The summed E-state index contributed by atoms with van der Waals surface area (Å²) in [6.07, 6.45) is 4.13. The first-order valence-corrected chi connectivity index (χ1v) is 5.29. The standard InChI is InChI=1S/C11H17N3O/c1-2-5-13-10(9-12)8-11(15)14-6-3-4-7-14/h2,10,13H,1,3-8H2. The molecule has 1 atom stereocenters. The highest BCUT2D eigenvalue weighted by atomic mass is 16.2. The SMILES string of the molecule is C=CCNC(C#N)CC(=O)N1CCCC1. The van der Waals surface area contributed by atoms with Crippen LogP contribution < -0.4 is 5.32 Å². The maximum absolute atomic E-state index is 11.7. The van der Waals surface area contributed by atoms with Crippen molar-refractivity contribution in [3.05, 3.63) is 12.7 Å². The zero-order valence-electron chi connectivity index (χ0n) is 8.91. The van der Waals surface area contributed by atoms with E-state index in [-0.39, 0.29) is 12.3 Å². The summed E-state index contributed by atoms with van der Waals surface area (Å²) < 4.78 is 0. The van der Waals surface area contributed by atoms with Crippen LogP contribution in [0.3, 0.4) is 0 Å². The van der Waals surface area contributed by atoms with Gasteiger partial charge < -0.3 is 4.90 Å². The number of nitriles is 1. The van der Waals surface area contributed by atoms with E-state index >= 15 is 0 Å². The molecule has 1 aliphatic heterocycles. The molecule has 4 nitrogen and oxygen atoms in total. The van der Waals surface area contributed by atoms with Gasteiger partial charge in [0, 0.05) is 19.6 Å². The van der Waals surface area contributed by atoms with Crippen molar-refractivity contribution in [2.75, 3.05) is 19.6 Å². The fourth-order valence-corrected chi connectivity index (χ4v) is 1.66. The summed E-state index contributed by atoms with van der Waals surface area (Å²) in [4.78, 5) is 13.5. The van der Waals surface area contributed by atoms with E-state index in [0.29, 0.717) is 6.54 Å². The second-order valence-electron chi connectivity index (χ2n) is 3.67. The Kier molecular flexibility index (Phi) is 4.85. The number of nitrogens with zero attached hydrogens (tertiary/aromatic N) is 2. The molecule has 1 amide bonds. The van der Waals surface area contributed by atoms with E-state index < -0.39 is 6.04 Å². The van der Waals surface area contributed by atoms with Crippen LogP contribution in [-0.4, -0.2) is 36.5 Å². The molecule has 0 bridgehead atoms. The van der Waals surface area contributed by atoms with Crippen LogP contribution in [-0.2, 0) is 4.79 Å².